The zero-order valence-corrected chi connectivity index (χ0v) is 16.4. The quantitative estimate of drug-likeness (QED) is 0.706. The second-order valence-corrected chi connectivity index (χ2v) is 7.28. The van der Waals surface area contributed by atoms with Crippen LogP contribution in [0.25, 0.3) is 5.65 Å². The highest BCUT2D eigenvalue weighted by molar-refractivity contribution is 5.93. The fourth-order valence-corrected chi connectivity index (χ4v) is 3.36. The van der Waals surface area contributed by atoms with Crippen LogP contribution >= 0.6 is 0 Å². The van der Waals surface area contributed by atoms with E-state index in [1.54, 1.807) is 34.0 Å². The number of aromatic nitrogens is 3. The molecular weight excluding hydrogens is 397 g/mol. The summed E-state index contributed by atoms with van der Waals surface area (Å²) in [5.74, 6) is 0.253. The number of anilines is 1. The third kappa shape index (κ3) is 4.23. The number of nitrogens with zero attached hydrogens (tertiary/aromatic N) is 5. The third-order valence-electron chi connectivity index (χ3n) is 5.10. The number of benzene rings is 1. The molecule has 30 heavy (non-hydrogen) atoms. The standard InChI is InChI=1S/C20H21F3N6O/c1-27-7-9-28(10-8-27)19(30)16-13-29-6-5-24-17(18(29)26-16)25-12-14-3-2-4-15(11-14)20(21,22)23/h2-6,11,13H,7-10,12H2,1H3,(H,24,25). The Morgan fingerprint density at radius 3 is 2.70 bits per heavy atom. The molecule has 3 aromatic rings. The monoisotopic (exact) mass is 418 g/mol. The predicted molar refractivity (Wildman–Crippen MR) is 105 cm³/mol. The molecule has 4 rings (SSSR count). The number of nitrogens with one attached hydrogen (secondary N) is 1. The van der Waals surface area contributed by atoms with Gasteiger partial charge in [-0.2, -0.15) is 13.2 Å². The Morgan fingerprint density at radius 1 is 1.20 bits per heavy atom. The van der Waals surface area contributed by atoms with E-state index in [1.807, 2.05) is 7.05 Å². The second-order valence-electron chi connectivity index (χ2n) is 7.28. The number of carbonyl (C=O) groups is 1. The average molecular weight is 418 g/mol. The van der Waals surface area contributed by atoms with Gasteiger partial charge in [-0.3, -0.25) is 4.79 Å². The Labute approximate surface area is 171 Å². The van der Waals surface area contributed by atoms with Crippen molar-refractivity contribution in [2.45, 2.75) is 12.7 Å². The Morgan fingerprint density at radius 2 is 1.97 bits per heavy atom. The number of imidazole rings is 1. The van der Waals surface area contributed by atoms with Crippen LogP contribution in [0, 0.1) is 0 Å². The van der Waals surface area contributed by atoms with Crippen molar-refractivity contribution < 1.29 is 18.0 Å². The molecular formula is C20H21F3N6O. The van der Waals surface area contributed by atoms with Crippen LogP contribution in [0.15, 0.2) is 42.9 Å². The zero-order valence-electron chi connectivity index (χ0n) is 16.4. The molecule has 0 atom stereocenters. The SMILES string of the molecule is CN1CCN(C(=O)c2cn3ccnc(NCc4cccc(C(F)(F)F)c4)c3n2)CC1. The summed E-state index contributed by atoms with van der Waals surface area (Å²) in [6.07, 6.45) is 0.481. The van der Waals surface area contributed by atoms with Gasteiger partial charge in [0.15, 0.2) is 11.5 Å². The predicted octanol–water partition coefficient (Wildman–Crippen LogP) is 2.75. The molecule has 0 aliphatic carbocycles. The van der Waals surface area contributed by atoms with Crippen LogP contribution in [0.2, 0.25) is 0 Å². The number of halogens is 3. The van der Waals surface area contributed by atoms with Crippen molar-refractivity contribution in [3.8, 4) is 0 Å². The first-order valence-corrected chi connectivity index (χ1v) is 9.53. The molecule has 1 aromatic carbocycles. The van der Waals surface area contributed by atoms with Gasteiger partial charge in [0.1, 0.15) is 5.69 Å². The first-order chi connectivity index (χ1) is 14.3. The molecule has 0 bridgehead atoms. The van der Waals surface area contributed by atoms with Gasteiger partial charge >= 0.3 is 6.18 Å². The fourth-order valence-electron chi connectivity index (χ4n) is 3.36. The lowest BCUT2D eigenvalue weighted by Crippen LogP contribution is -2.47. The lowest BCUT2D eigenvalue weighted by Gasteiger charge is -2.31. The Kier molecular flexibility index (Phi) is 5.33. The maximum Gasteiger partial charge on any atom is 0.416 e. The first-order valence-electron chi connectivity index (χ1n) is 9.53. The minimum Gasteiger partial charge on any atom is -0.363 e. The smallest absolute Gasteiger partial charge is 0.363 e. The zero-order chi connectivity index (χ0) is 21.3. The molecule has 1 saturated heterocycles. The highest BCUT2D eigenvalue weighted by Crippen LogP contribution is 2.29. The number of carbonyl (C=O) groups excluding carboxylic acids is 1. The van der Waals surface area contributed by atoms with Gasteiger partial charge in [-0.15, -0.1) is 0 Å². The van der Waals surface area contributed by atoms with Crippen molar-refractivity contribution >= 4 is 17.4 Å². The molecule has 7 nitrogen and oxygen atoms in total. The van der Waals surface area contributed by atoms with Crippen LogP contribution in [-0.2, 0) is 12.7 Å². The van der Waals surface area contributed by atoms with E-state index in [-0.39, 0.29) is 12.5 Å². The van der Waals surface area contributed by atoms with Crippen LogP contribution < -0.4 is 5.32 Å². The number of piperazine rings is 1. The Hall–Kier alpha value is -3.14. The minimum absolute atomic E-state index is 0.143. The number of hydrogen-bond donors (Lipinski definition) is 1. The van der Waals surface area contributed by atoms with Gasteiger partial charge in [0.05, 0.1) is 5.56 Å². The maximum atomic E-state index is 12.9. The molecule has 0 saturated carbocycles. The molecule has 1 N–H and O–H groups in total. The van der Waals surface area contributed by atoms with Gasteiger partial charge in [0, 0.05) is 51.3 Å². The van der Waals surface area contributed by atoms with Gasteiger partial charge in [0.25, 0.3) is 5.91 Å². The van der Waals surface area contributed by atoms with E-state index >= 15 is 0 Å². The van der Waals surface area contributed by atoms with Crippen molar-refractivity contribution in [3.63, 3.8) is 0 Å². The van der Waals surface area contributed by atoms with Crippen molar-refractivity contribution in [3.05, 3.63) is 59.7 Å². The number of likely N-dealkylation sites (N-methyl/N-ethyl adjacent to an activating group) is 1. The number of amides is 1. The van der Waals surface area contributed by atoms with Gasteiger partial charge in [-0.05, 0) is 24.7 Å². The summed E-state index contributed by atoms with van der Waals surface area (Å²) in [7, 11) is 2.01. The van der Waals surface area contributed by atoms with Gasteiger partial charge in [-0.25, -0.2) is 9.97 Å². The van der Waals surface area contributed by atoms with Crippen LogP contribution in [0.1, 0.15) is 21.6 Å². The van der Waals surface area contributed by atoms with E-state index in [2.05, 4.69) is 20.2 Å². The summed E-state index contributed by atoms with van der Waals surface area (Å²) in [6.45, 7) is 3.05. The number of alkyl halides is 3. The summed E-state index contributed by atoms with van der Waals surface area (Å²) in [4.78, 5) is 25.4. The molecule has 0 spiro atoms. The lowest BCUT2D eigenvalue weighted by atomic mass is 10.1. The summed E-state index contributed by atoms with van der Waals surface area (Å²) in [5.41, 5.74) is 0.527. The third-order valence-corrected chi connectivity index (χ3v) is 5.10. The first kappa shape index (κ1) is 20.1. The lowest BCUT2D eigenvalue weighted by molar-refractivity contribution is -0.137. The van der Waals surface area contributed by atoms with E-state index in [0.717, 1.165) is 25.2 Å². The molecule has 1 aliphatic rings. The average Bonchev–Trinajstić information content (AvgIpc) is 3.17. The van der Waals surface area contributed by atoms with Crippen LogP contribution in [0.4, 0.5) is 19.0 Å². The summed E-state index contributed by atoms with van der Waals surface area (Å²) >= 11 is 0. The van der Waals surface area contributed by atoms with E-state index in [4.69, 9.17) is 0 Å². The fraction of sp³-hybridized carbons (Fsp3) is 0.350. The topological polar surface area (TPSA) is 65.8 Å². The largest absolute Gasteiger partial charge is 0.416 e. The van der Waals surface area contributed by atoms with E-state index in [9.17, 15) is 18.0 Å². The van der Waals surface area contributed by atoms with E-state index < -0.39 is 11.7 Å². The van der Waals surface area contributed by atoms with Crippen LogP contribution in [0.3, 0.4) is 0 Å². The van der Waals surface area contributed by atoms with Crippen molar-refractivity contribution in [1.29, 1.82) is 0 Å². The molecule has 0 unspecified atom stereocenters. The summed E-state index contributed by atoms with van der Waals surface area (Å²) in [6, 6.07) is 5.11. The van der Waals surface area contributed by atoms with Crippen molar-refractivity contribution in [2.75, 3.05) is 38.5 Å². The Balaban J connectivity index is 1.52. The molecule has 3 heterocycles. The summed E-state index contributed by atoms with van der Waals surface area (Å²) in [5, 5.41) is 3.03. The van der Waals surface area contributed by atoms with Gasteiger partial charge in [-0.1, -0.05) is 12.1 Å². The molecule has 10 heteroatoms. The molecule has 1 aliphatic heterocycles. The molecule has 158 valence electrons. The number of hydrogen-bond acceptors (Lipinski definition) is 5. The minimum atomic E-state index is -4.39. The van der Waals surface area contributed by atoms with E-state index in [0.29, 0.717) is 35.8 Å². The van der Waals surface area contributed by atoms with Crippen LogP contribution in [0.5, 0.6) is 0 Å². The normalized spacial score (nSPS) is 15.5. The van der Waals surface area contributed by atoms with Crippen molar-refractivity contribution in [2.24, 2.45) is 0 Å². The molecule has 2 aromatic heterocycles. The highest BCUT2D eigenvalue weighted by atomic mass is 19.4. The molecule has 1 fully saturated rings. The van der Waals surface area contributed by atoms with Crippen LogP contribution in [-0.4, -0.2) is 63.3 Å². The number of rotatable bonds is 4. The molecule has 0 radical (unpaired) electrons. The summed E-state index contributed by atoms with van der Waals surface area (Å²) < 4.78 is 40.4. The molecule has 1 amide bonds. The van der Waals surface area contributed by atoms with Gasteiger partial charge < -0.3 is 19.5 Å². The second kappa shape index (κ2) is 7.94. The maximum absolute atomic E-state index is 12.9. The van der Waals surface area contributed by atoms with Crippen molar-refractivity contribution in [1.82, 2.24) is 24.2 Å². The number of fused-ring (bicyclic) bond motifs is 1. The highest BCUT2D eigenvalue weighted by Gasteiger charge is 2.30. The van der Waals surface area contributed by atoms with E-state index in [1.165, 1.54) is 6.07 Å². The Bertz CT molecular complexity index is 1060. The van der Waals surface area contributed by atoms with Gasteiger partial charge in [0.2, 0.25) is 0 Å².